The number of para-hydroxylation sites is 1. The molecular formula is C20H24N4O2S. The summed E-state index contributed by atoms with van der Waals surface area (Å²) >= 11 is 1.37. The third-order valence-corrected chi connectivity index (χ3v) is 5.72. The lowest BCUT2D eigenvalue weighted by atomic mass is 9.97. The highest BCUT2D eigenvalue weighted by Crippen LogP contribution is 2.29. The monoisotopic (exact) mass is 384 g/mol. The van der Waals surface area contributed by atoms with Crippen LogP contribution in [0.2, 0.25) is 0 Å². The van der Waals surface area contributed by atoms with Crippen LogP contribution in [0.15, 0.2) is 52.2 Å². The molecule has 27 heavy (non-hydrogen) atoms. The fraction of sp³-hybridized carbons (Fsp3) is 0.350. The average Bonchev–Trinajstić information content (AvgIpc) is 3.32. The van der Waals surface area contributed by atoms with E-state index in [1.54, 1.807) is 6.26 Å². The number of hydrogen-bond acceptors (Lipinski definition) is 5. The summed E-state index contributed by atoms with van der Waals surface area (Å²) in [7, 11) is 1.86. The van der Waals surface area contributed by atoms with Crippen LogP contribution in [0, 0.1) is 0 Å². The Kier molecular flexibility index (Phi) is 6.01. The first kappa shape index (κ1) is 19.2. The highest BCUT2D eigenvalue weighted by molar-refractivity contribution is 8.00. The molecule has 6 nitrogen and oxygen atoms in total. The van der Waals surface area contributed by atoms with Gasteiger partial charge in [-0.3, -0.25) is 4.79 Å². The molecule has 142 valence electrons. The zero-order valence-corrected chi connectivity index (χ0v) is 16.8. The largest absolute Gasteiger partial charge is 0.461 e. The molecule has 3 aromatic rings. The van der Waals surface area contributed by atoms with Crippen molar-refractivity contribution in [2.45, 2.75) is 43.5 Å². The Bertz CT molecular complexity index is 905. The second-order valence-corrected chi connectivity index (χ2v) is 7.80. The predicted molar refractivity (Wildman–Crippen MR) is 108 cm³/mol. The molecule has 0 saturated carbocycles. The molecule has 1 aromatic carbocycles. The zero-order chi connectivity index (χ0) is 19.4. The minimum absolute atomic E-state index is 0.0571. The molecular weight excluding hydrogens is 360 g/mol. The van der Waals surface area contributed by atoms with E-state index in [0.717, 1.165) is 17.7 Å². The number of nitrogens with zero attached hydrogens (tertiary/aromatic N) is 3. The molecule has 1 amide bonds. The molecule has 0 radical (unpaired) electrons. The molecule has 1 N–H and O–H groups in total. The Morgan fingerprint density at radius 3 is 2.70 bits per heavy atom. The molecule has 2 aromatic heterocycles. The molecule has 2 heterocycles. The van der Waals surface area contributed by atoms with E-state index in [0.29, 0.717) is 22.7 Å². The smallest absolute Gasteiger partial charge is 0.237 e. The SMILES string of the molecule is CC[C@H](C)c1ccccc1NC(=O)[C@@H](C)Sc1nnc(-c2ccco2)n1C. The summed E-state index contributed by atoms with van der Waals surface area (Å²) in [5.41, 5.74) is 2.03. The summed E-state index contributed by atoms with van der Waals surface area (Å²) in [6.07, 6.45) is 2.62. The Morgan fingerprint density at radius 1 is 1.22 bits per heavy atom. The second-order valence-electron chi connectivity index (χ2n) is 6.49. The second kappa shape index (κ2) is 8.43. The summed E-state index contributed by atoms with van der Waals surface area (Å²) in [6, 6.07) is 11.6. The van der Waals surface area contributed by atoms with Gasteiger partial charge in [-0.05, 0) is 43.0 Å². The van der Waals surface area contributed by atoms with Crippen LogP contribution in [0.25, 0.3) is 11.6 Å². The third-order valence-electron chi connectivity index (χ3n) is 4.59. The van der Waals surface area contributed by atoms with E-state index in [1.807, 2.05) is 48.9 Å². The fourth-order valence-electron chi connectivity index (χ4n) is 2.74. The van der Waals surface area contributed by atoms with Gasteiger partial charge in [0, 0.05) is 12.7 Å². The van der Waals surface area contributed by atoms with Crippen LogP contribution in [0.5, 0.6) is 0 Å². The zero-order valence-electron chi connectivity index (χ0n) is 16.0. The molecule has 0 fully saturated rings. The summed E-state index contributed by atoms with van der Waals surface area (Å²) in [5.74, 6) is 1.62. The lowest BCUT2D eigenvalue weighted by Crippen LogP contribution is -2.23. The number of rotatable bonds is 7. The van der Waals surface area contributed by atoms with Gasteiger partial charge >= 0.3 is 0 Å². The van der Waals surface area contributed by atoms with E-state index in [2.05, 4.69) is 35.4 Å². The van der Waals surface area contributed by atoms with Gasteiger partial charge in [0.05, 0.1) is 11.5 Å². The number of carbonyl (C=O) groups is 1. The molecule has 0 aliphatic carbocycles. The normalized spacial score (nSPS) is 13.3. The first-order valence-electron chi connectivity index (χ1n) is 9.01. The van der Waals surface area contributed by atoms with Crippen LogP contribution < -0.4 is 5.32 Å². The van der Waals surface area contributed by atoms with Crippen molar-refractivity contribution >= 4 is 23.4 Å². The number of hydrogen-bond donors (Lipinski definition) is 1. The minimum Gasteiger partial charge on any atom is -0.461 e. The van der Waals surface area contributed by atoms with Crippen LogP contribution in [-0.4, -0.2) is 25.9 Å². The van der Waals surface area contributed by atoms with Gasteiger partial charge < -0.3 is 14.3 Å². The summed E-state index contributed by atoms with van der Waals surface area (Å²) < 4.78 is 7.21. The lowest BCUT2D eigenvalue weighted by Gasteiger charge is -2.17. The van der Waals surface area contributed by atoms with Crippen LogP contribution in [0.4, 0.5) is 5.69 Å². The number of nitrogens with one attached hydrogen (secondary N) is 1. The van der Waals surface area contributed by atoms with Crippen molar-refractivity contribution < 1.29 is 9.21 Å². The van der Waals surface area contributed by atoms with Crippen molar-refractivity contribution in [2.24, 2.45) is 7.05 Å². The van der Waals surface area contributed by atoms with E-state index >= 15 is 0 Å². The van der Waals surface area contributed by atoms with Gasteiger partial charge in [-0.15, -0.1) is 10.2 Å². The standard InChI is InChI=1S/C20H24N4O2S/c1-5-13(2)15-9-6-7-10-16(15)21-19(25)14(3)27-20-23-22-18(24(20)4)17-11-8-12-26-17/h6-14H,5H2,1-4H3,(H,21,25)/t13-,14+/m0/s1. The van der Waals surface area contributed by atoms with Crippen LogP contribution in [0.3, 0.4) is 0 Å². The summed E-state index contributed by atoms with van der Waals surface area (Å²) in [4.78, 5) is 12.7. The van der Waals surface area contributed by atoms with Gasteiger partial charge in [0.2, 0.25) is 5.91 Å². The Morgan fingerprint density at radius 2 is 2.00 bits per heavy atom. The number of carbonyl (C=O) groups excluding carboxylic acids is 1. The maximum absolute atomic E-state index is 12.7. The van der Waals surface area contributed by atoms with E-state index in [-0.39, 0.29) is 11.2 Å². The predicted octanol–water partition coefficient (Wildman–Crippen LogP) is 4.71. The van der Waals surface area contributed by atoms with E-state index in [1.165, 1.54) is 11.8 Å². The minimum atomic E-state index is -0.317. The number of amides is 1. The van der Waals surface area contributed by atoms with Gasteiger partial charge in [0.25, 0.3) is 0 Å². The Labute approximate surface area is 163 Å². The first-order chi connectivity index (χ1) is 13.0. The number of thioether (sulfide) groups is 1. The maximum atomic E-state index is 12.7. The third kappa shape index (κ3) is 4.24. The maximum Gasteiger partial charge on any atom is 0.237 e. The summed E-state index contributed by atoms with van der Waals surface area (Å²) in [6.45, 7) is 6.18. The molecule has 7 heteroatoms. The molecule has 0 spiro atoms. The van der Waals surface area contributed by atoms with Gasteiger partial charge in [-0.2, -0.15) is 0 Å². The highest BCUT2D eigenvalue weighted by atomic mass is 32.2. The molecule has 0 aliphatic heterocycles. The van der Waals surface area contributed by atoms with Crippen molar-refractivity contribution in [3.8, 4) is 11.6 Å². The van der Waals surface area contributed by atoms with Gasteiger partial charge in [0.1, 0.15) is 0 Å². The molecule has 0 unspecified atom stereocenters. The lowest BCUT2D eigenvalue weighted by molar-refractivity contribution is -0.115. The van der Waals surface area contributed by atoms with Crippen LogP contribution in [0.1, 0.15) is 38.7 Å². The highest BCUT2D eigenvalue weighted by Gasteiger charge is 2.21. The van der Waals surface area contributed by atoms with E-state index in [4.69, 9.17) is 4.42 Å². The number of anilines is 1. The van der Waals surface area contributed by atoms with Crippen molar-refractivity contribution in [3.05, 3.63) is 48.2 Å². The van der Waals surface area contributed by atoms with E-state index < -0.39 is 0 Å². The number of furan rings is 1. The van der Waals surface area contributed by atoms with Crippen LogP contribution in [-0.2, 0) is 11.8 Å². The van der Waals surface area contributed by atoms with Crippen molar-refractivity contribution in [1.82, 2.24) is 14.8 Å². The molecule has 3 rings (SSSR count). The van der Waals surface area contributed by atoms with Gasteiger partial charge in [0.15, 0.2) is 16.7 Å². The molecule has 2 atom stereocenters. The van der Waals surface area contributed by atoms with Crippen molar-refractivity contribution in [2.75, 3.05) is 5.32 Å². The van der Waals surface area contributed by atoms with Crippen molar-refractivity contribution in [3.63, 3.8) is 0 Å². The molecule has 0 aliphatic rings. The summed E-state index contributed by atoms with van der Waals surface area (Å²) in [5, 5.41) is 11.8. The first-order valence-corrected chi connectivity index (χ1v) is 9.89. The fourth-order valence-corrected chi connectivity index (χ4v) is 3.56. The van der Waals surface area contributed by atoms with Crippen molar-refractivity contribution in [1.29, 1.82) is 0 Å². The van der Waals surface area contributed by atoms with Crippen LogP contribution >= 0.6 is 11.8 Å². The number of benzene rings is 1. The Hall–Kier alpha value is -2.54. The van der Waals surface area contributed by atoms with E-state index in [9.17, 15) is 4.79 Å². The van der Waals surface area contributed by atoms with Gasteiger partial charge in [-0.25, -0.2) is 0 Å². The molecule has 0 bridgehead atoms. The average molecular weight is 385 g/mol. The number of aromatic nitrogens is 3. The Balaban J connectivity index is 1.71. The molecule has 0 saturated heterocycles. The van der Waals surface area contributed by atoms with Gasteiger partial charge in [-0.1, -0.05) is 43.8 Å². The topological polar surface area (TPSA) is 73.0 Å². The quantitative estimate of drug-likeness (QED) is 0.597.